The largest absolute Gasteiger partial charge is 0.466 e. The first-order chi connectivity index (χ1) is 19.4. The van der Waals surface area contributed by atoms with E-state index in [0.717, 1.165) is 30.3 Å². The molecule has 0 bridgehead atoms. The summed E-state index contributed by atoms with van der Waals surface area (Å²) in [5.41, 5.74) is 0.957. The molecular formula is C32H25F6NO2. The lowest BCUT2D eigenvalue weighted by atomic mass is 9.84. The summed E-state index contributed by atoms with van der Waals surface area (Å²) < 4.78 is 88.7. The van der Waals surface area contributed by atoms with Gasteiger partial charge in [0.2, 0.25) is 0 Å². The zero-order valence-corrected chi connectivity index (χ0v) is 22.3. The second-order valence-corrected chi connectivity index (χ2v) is 9.56. The van der Waals surface area contributed by atoms with Crippen molar-refractivity contribution in [2.45, 2.75) is 32.1 Å². The van der Waals surface area contributed by atoms with Gasteiger partial charge >= 0.3 is 12.1 Å². The second kappa shape index (κ2) is 12.0. The number of hydrogen-bond acceptors (Lipinski definition) is 3. The number of carbonyl (C=O) groups excluding carboxylic acids is 1. The lowest BCUT2D eigenvalue weighted by Crippen LogP contribution is -2.11. The summed E-state index contributed by atoms with van der Waals surface area (Å²) in [6.45, 7) is 3.55. The monoisotopic (exact) mass is 569 g/mol. The third-order valence-corrected chi connectivity index (χ3v) is 6.47. The number of ether oxygens (including phenoxy) is 1. The van der Waals surface area contributed by atoms with E-state index in [0.29, 0.717) is 11.1 Å². The van der Waals surface area contributed by atoms with Gasteiger partial charge in [-0.15, -0.1) is 0 Å². The van der Waals surface area contributed by atoms with E-state index in [9.17, 15) is 26.7 Å². The fourth-order valence-electron chi connectivity index (χ4n) is 4.47. The van der Waals surface area contributed by atoms with E-state index in [2.05, 4.69) is 0 Å². The zero-order valence-electron chi connectivity index (χ0n) is 22.3. The number of pyridine rings is 1. The van der Waals surface area contributed by atoms with Crippen molar-refractivity contribution < 1.29 is 35.9 Å². The molecule has 0 aliphatic rings. The molecule has 0 saturated heterocycles. The molecule has 1 unspecified atom stereocenters. The highest BCUT2D eigenvalue weighted by Gasteiger charge is 2.32. The molecule has 0 radical (unpaired) electrons. The number of carbonyl (C=O) groups is 1. The molecule has 1 aromatic heterocycles. The molecule has 4 aromatic rings. The van der Waals surface area contributed by atoms with Crippen LogP contribution in [0.2, 0.25) is 0 Å². The topological polar surface area (TPSA) is 39.2 Å². The van der Waals surface area contributed by atoms with Gasteiger partial charge in [-0.25, -0.2) is 18.0 Å². The van der Waals surface area contributed by atoms with Crippen LogP contribution in [0, 0.1) is 11.6 Å². The van der Waals surface area contributed by atoms with Gasteiger partial charge in [0.1, 0.15) is 11.6 Å². The number of rotatable bonds is 7. The number of halogens is 6. The SMILES string of the molecule is COC(=O)C=Cc1c(-c2ccc(F)cc2)nc(C(C)C)c(C(F)c2ccc(C(F)(F)F)cc2)c1-c1ccc(F)cc1. The first-order valence-electron chi connectivity index (χ1n) is 12.6. The molecule has 1 heterocycles. The Bertz CT molecular complexity index is 1560. The third-order valence-electron chi connectivity index (χ3n) is 6.47. The first kappa shape index (κ1) is 29.6. The van der Waals surface area contributed by atoms with Crippen LogP contribution in [-0.2, 0) is 15.7 Å². The van der Waals surface area contributed by atoms with E-state index in [4.69, 9.17) is 9.72 Å². The Labute approximate surface area is 233 Å². The van der Waals surface area contributed by atoms with E-state index in [1.54, 1.807) is 13.8 Å². The van der Waals surface area contributed by atoms with Gasteiger partial charge in [0.15, 0.2) is 6.17 Å². The number of aromatic nitrogens is 1. The third kappa shape index (κ3) is 6.51. The molecule has 212 valence electrons. The van der Waals surface area contributed by atoms with Crippen molar-refractivity contribution in [2.24, 2.45) is 0 Å². The van der Waals surface area contributed by atoms with Crippen molar-refractivity contribution in [1.29, 1.82) is 0 Å². The van der Waals surface area contributed by atoms with Crippen molar-refractivity contribution in [3.8, 4) is 22.4 Å². The van der Waals surface area contributed by atoms with Gasteiger partial charge in [-0.3, -0.25) is 4.98 Å². The molecule has 0 N–H and O–H groups in total. The summed E-state index contributed by atoms with van der Waals surface area (Å²) in [6.07, 6.45) is -4.06. The molecule has 1 atom stereocenters. The first-order valence-corrected chi connectivity index (χ1v) is 12.6. The molecule has 0 amide bonds. The quantitative estimate of drug-likeness (QED) is 0.127. The predicted octanol–water partition coefficient (Wildman–Crippen LogP) is 9.08. The molecular weight excluding hydrogens is 544 g/mol. The molecule has 0 aliphatic heterocycles. The number of hydrogen-bond donors (Lipinski definition) is 0. The highest BCUT2D eigenvalue weighted by molar-refractivity contribution is 5.93. The standard InChI is InChI=1S/C32H25F6NO2/c1-18(2)30-28(29(35)20-4-10-22(11-5-20)32(36,37)38)27(19-6-12-23(33)13-7-19)25(16-17-26(40)41-3)31(39-30)21-8-14-24(34)15-9-21/h4-18,29H,1-3H3. The lowest BCUT2D eigenvalue weighted by molar-refractivity contribution is -0.137. The maximum atomic E-state index is 16.6. The Kier molecular flexibility index (Phi) is 8.66. The van der Waals surface area contributed by atoms with E-state index < -0.39 is 35.5 Å². The summed E-state index contributed by atoms with van der Waals surface area (Å²) in [6, 6.07) is 14.4. The summed E-state index contributed by atoms with van der Waals surface area (Å²) in [4.78, 5) is 16.9. The van der Waals surface area contributed by atoms with Gasteiger partial charge in [0, 0.05) is 22.8 Å². The fourth-order valence-corrected chi connectivity index (χ4v) is 4.47. The Hall–Kier alpha value is -4.40. The number of nitrogens with zero attached hydrogens (tertiary/aromatic N) is 1. The van der Waals surface area contributed by atoms with Crippen LogP contribution in [0.5, 0.6) is 0 Å². The van der Waals surface area contributed by atoms with Crippen molar-refractivity contribution in [3.63, 3.8) is 0 Å². The van der Waals surface area contributed by atoms with Gasteiger partial charge in [0.05, 0.1) is 24.1 Å². The lowest BCUT2D eigenvalue weighted by Gasteiger charge is -2.25. The maximum absolute atomic E-state index is 16.6. The minimum absolute atomic E-state index is 0.0433. The minimum Gasteiger partial charge on any atom is -0.466 e. The van der Waals surface area contributed by atoms with E-state index in [1.165, 1.54) is 61.7 Å². The average Bonchev–Trinajstić information content (AvgIpc) is 2.95. The molecule has 0 fully saturated rings. The van der Waals surface area contributed by atoms with Gasteiger partial charge in [-0.05, 0) is 77.2 Å². The van der Waals surface area contributed by atoms with Crippen LogP contribution in [0.4, 0.5) is 26.3 Å². The summed E-state index contributed by atoms with van der Waals surface area (Å²) in [5.74, 6) is -2.13. The Morgan fingerprint density at radius 1 is 0.854 bits per heavy atom. The number of alkyl halides is 4. The summed E-state index contributed by atoms with van der Waals surface area (Å²) >= 11 is 0. The fraction of sp³-hybridized carbons (Fsp3) is 0.188. The minimum atomic E-state index is -4.60. The van der Waals surface area contributed by atoms with Crippen molar-refractivity contribution in [2.75, 3.05) is 7.11 Å². The zero-order chi connectivity index (χ0) is 29.9. The van der Waals surface area contributed by atoms with Gasteiger partial charge < -0.3 is 4.74 Å². The van der Waals surface area contributed by atoms with Crippen LogP contribution in [0.3, 0.4) is 0 Å². The van der Waals surface area contributed by atoms with Crippen LogP contribution >= 0.6 is 0 Å². The number of benzene rings is 3. The van der Waals surface area contributed by atoms with Gasteiger partial charge in [-0.1, -0.05) is 38.1 Å². The van der Waals surface area contributed by atoms with Crippen LogP contribution < -0.4 is 0 Å². The maximum Gasteiger partial charge on any atom is 0.416 e. The molecule has 3 aromatic carbocycles. The van der Waals surface area contributed by atoms with Crippen LogP contribution in [-0.4, -0.2) is 18.1 Å². The van der Waals surface area contributed by atoms with Gasteiger partial charge in [0.25, 0.3) is 0 Å². The number of esters is 1. The molecule has 41 heavy (non-hydrogen) atoms. The molecule has 0 spiro atoms. The normalized spacial score (nSPS) is 12.6. The Morgan fingerprint density at radius 2 is 1.39 bits per heavy atom. The summed E-state index contributed by atoms with van der Waals surface area (Å²) in [5, 5.41) is 0. The Balaban J connectivity index is 2.10. The Morgan fingerprint density at radius 3 is 1.88 bits per heavy atom. The van der Waals surface area contributed by atoms with Crippen LogP contribution in [0.1, 0.15) is 53.9 Å². The number of methoxy groups -OCH3 is 1. The molecule has 3 nitrogen and oxygen atoms in total. The second-order valence-electron chi connectivity index (χ2n) is 9.56. The van der Waals surface area contributed by atoms with Crippen LogP contribution in [0.15, 0.2) is 78.9 Å². The highest BCUT2D eigenvalue weighted by Crippen LogP contribution is 2.44. The van der Waals surface area contributed by atoms with Crippen molar-refractivity contribution in [3.05, 3.63) is 118 Å². The van der Waals surface area contributed by atoms with Gasteiger partial charge in [-0.2, -0.15) is 13.2 Å². The highest BCUT2D eigenvalue weighted by atomic mass is 19.4. The van der Waals surface area contributed by atoms with Crippen LogP contribution in [0.25, 0.3) is 28.5 Å². The van der Waals surface area contributed by atoms with E-state index in [1.807, 2.05) is 0 Å². The molecule has 0 saturated carbocycles. The van der Waals surface area contributed by atoms with Crippen molar-refractivity contribution in [1.82, 2.24) is 4.98 Å². The molecule has 0 aliphatic carbocycles. The van der Waals surface area contributed by atoms with E-state index >= 15 is 4.39 Å². The summed E-state index contributed by atoms with van der Waals surface area (Å²) in [7, 11) is 1.18. The van der Waals surface area contributed by atoms with Crippen molar-refractivity contribution >= 4 is 12.0 Å². The molecule has 9 heteroatoms. The predicted molar refractivity (Wildman–Crippen MR) is 145 cm³/mol. The average molecular weight is 570 g/mol. The molecule has 4 rings (SSSR count). The smallest absolute Gasteiger partial charge is 0.416 e. The van der Waals surface area contributed by atoms with E-state index in [-0.39, 0.29) is 39.6 Å².